The van der Waals surface area contributed by atoms with Gasteiger partial charge in [-0.15, -0.1) is 0 Å². The summed E-state index contributed by atoms with van der Waals surface area (Å²) in [5.41, 5.74) is 3.54. The fourth-order valence-corrected chi connectivity index (χ4v) is 2.38. The van der Waals surface area contributed by atoms with Crippen molar-refractivity contribution in [2.24, 2.45) is 0 Å². The molecule has 2 aromatic rings. The summed E-state index contributed by atoms with van der Waals surface area (Å²) >= 11 is 0. The maximum atomic E-state index is 12.0. The van der Waals surface area contributed by atoms with Crippen LogP contribution in [0.2, 0.25) is 0 Å². The first-order valence-electron chi connectivity index (χ1n) is 7.81. The third kappa shape index (κ3) is 5.76. The molecule has 0 radical (unpaired) electrons. The zero-order valence-electron chi connectivity index (χ0n) is 14.2. The van der Waals surface area contributed by atoms with E-state index in [1.165, 1.54) is 6.92 Å². The average molecular weight is 326 g/mol. The van der Waals surface area contributed by atoms with Gasteiger partial charge in [0.05, 0.1) is 13.0 Å². The van der Waals surface area contributed by atoms with Gasteiger partial charge >= 0.3 is 0 Å². The number of carbonyl (C=O) groups is 2. The van der Waals surface area contributed by atoms with Crippen LogP contribution < -0.4 is 15.4 Å². The highest BCUT2D eigenvalue weighted by molar-refractivity contribution is 5.93. The number of hydrogen-bond donors (Lipinski definition) is 2. The van der Waals surface area contributed by atoms with Crippen molar-refractivity contribution in [2.45, 2.75) is 27.2 Å². The Morgan fingerprint density at radius 3 is 2.21 bits per heavy atom. The average Bonchev–Trinajstić information content (AvgIpc) is 2.45. The van der Waals surface area contributed by atoms with Crippen LogP contribution in [-0.4, -0.2) is 18.4 Å². The molecule has 5 nitrogen and oxygen atoms in total. The van der Waals surface area contributed by atoms with Gasteiger partial charge in [0, 0.05) is 18.3 Å². The van der Waals surface area contributed by atoms with E-state index in [0.29, 0.717) is 18.0 Å². The molecular weight excluding hydrogens is 304 g/mol. The number of nitrogens with one attached hydrogen (secondary N) is 2. The number of benzene rings is 2. The maximum absolute atomic E-state index is 12.0. The van der Waals surface area contributed by atoms with Crippen molar-refractivity contribution < 1.29 is 14.3 Å². The summed E-state index contributed by atoms with van der Waals surface area (Å²) in [7, 11) is 0. The number of ether oxygens (including phenoxy) is 1. The Kier molecular flexibility index (Phi) is 5.95. The summed E-state index contributed by atoms with van der Waals surface area (Å²) in [6.45, 7) is 5.76. The van der Waals surface area contributed by atoms with Crippen LogP contribution in [0.15, 0.2) is 42.5 Å². The van der Waals surface area contributed by atoms with E-state index in [4.69, 9.17) is 4.74 Å². The first-order chi connectivity index (χ1) is 11.4. The Balaban J connectivity index is 1.84. The third-order valence-electron chi connectivity index (χ3n) is 3.26. The van der Waals surface area contributed by atoms with E-state index < -0.39 is 0 Å². The molecule has 0 aromatic heterocycles. The van der Waals surface area contributed by atoms with Crippen LogP contribution in [0.3, 0.4) is 0 Å². The van der Waals surface area contributed by atoms with Crippen LogP contribution >= 0.6 is 0 Å². The summed E-state index contributed by atoms with van der Waals surface area (Å²) in [4.78, 5) is 23.0. The van der Waals surface area contributed by atoms with Gasteiger partial charge in [-0.1, -0.05) is 12.1 Å². The number of aryl methyl sites for hydroxylation is 2. The molecule has 0 atom stereocenters. The van der Waals surface area contributed by atoms with Crippen LogP contribution in [0.1, 0.15) is 24.5 Å². The fraction of sp³-hybridized carbons (Fsp3) is 0.263. The summed E-state index contributed by atoms with van der Waals surface area (Å²) in [6, 6.07) is 13.0. The minimum Gasteiger partial charge on any atom is -0.493 e. The molecule has 0 spiro atoms. The predicted octanol–water partition coefficient (Wildman–Crippen LogP) is 3.67. The highest BCUT2D eigenvalue weighted by Crippen LogP contribution is 2.17. The smallest absolute Gasteiger partial charge is 0.227 e. The molecule has 0 unspecified atom stereocenters. The minimum absolute atomic E-state index is 0.139. The van der Waals surface area contributed by atoms with Crippen molar-refractivity contribution >= 4 is 23.2 Å². The summed E-state index contributed by atoms with van der Waals surface area (Å²) in [5, 5.41) is 5.47. The molecule has 0 bridgehead atoms. The van der Waals surface area contributed by atoms with Crippen molar-refractivity contribution in [3.63, 3.8) is 0 Å². The monoisotopic (exact) mass is 326 g/mol. The molecule has 0 heterocycles. The highest BCUT2D eigenvalue weighted by atomic mass is 16.5. The van der Waals surface area contributed by atoms with E-state index in [9.17, 15) is 9.59 Å². The van der Waals surface area contributed by atoms with Gasteiger partial charge in [0.15, 0.2) is 0 Å². The van der Waals surface area contributed by atoms with Crippen molar-refractivity contribution in [3.05, 3.63) is 53.6 Å². The first-order valence-corrected chi connectivity index (χ1v) is 7.81. The second kappa shape index (κ2) is 8.15. The second-order valence-corrected chi connectivity index (χ2v) is 5.73. The van der Waals surface area contributed by atoms with Crippen LogP contribution in [0.25, 0.3) is 0 Å². The first kappa shape index (κ1) is 17.5. The molecule has 0 saturated carbocycles. The van der Waals surface area contributed by atoms with Gasteiger partial charge in [-0.2, -0.15) is 0 Å². The van der Waals surface area contributed by atoms with Crippen LogP contribution in [0, 0.1) is 13.8 Å². The standard InChI is InChI=1S/C19H22N2O3/c1-13-9-14(2)11-18(10-13)24-8-7-19(23)21-17-6-4-5-16(12-17)20-15(3)22/h4-6,9-12H,7-8H2,1-3H3,(H,20,22)(H,21,23). The summed E-state index contributed by atoms with van der Waals surface area (Å²) in [5.74, 6) is 0.479. The number of hydrogen-bond acceptors (Lipinski definition) is 3. The van der Waals surface area contributed by atoms with E-state index in [1.807, 2.05) is 26.0 Å². The van der Waals surface area contributed by atoms with Crippen molar-refractivity contribution in [1.29, 1.82) is 0 Å². The third-order valence-corrected chi connectivity index (χ3v) is 3.26. The Bertz CT molecular complexity index is 721. The topological polar surface area (TPSA) is 67.4 Å². The Morgan fingerprint density at radius 1 is 0.958 bits per heavy atom. The molecule has 5 heteroatoms. The van der Waals surface area contributed by atoms with Gasteiger partial charge in [0.25, 0.3) is 0 Å². The fourth-order valence-electron chi connectivity index (χ4n) is 2.38. The molecule has 126 valence electrons. The van der Waals surface area contributed by atoms with Gasteiger partial charge in [-0.3, -0.25) is 9.59 Å². The van der Waals surface area contributed by atoms with Gasteiger partial charge < -0.3 is 15.4 Å². The van der Waals surface area contributed by atoms with E-state index in [-0.39, 0.29) is 18.2 Å². The van der Waals surface area contributed by atoms with E-state index >= 15 is 0 Å². The molecular formula is C19H22N2O3. The highest BCUT2D eigenvalue weighted by Gasteiger charge is 2.05. The number of anilines is 2. The van der Waals surface area contributed by atoms with Gasteiger partial charge in [-0.25, -0.2) is 0 Å². The Hall–Kier alpha value is -2.82. The molecule has 2 amide bonds. The quantitative estimate of drug-likeness (QED) is 0.851. The van der Waals surface area contributed by atoms with E-state index in [1.54, 1.807) is 24.3 Å². The van der Waals surface area contributed by atoms with Crippen molar-refractivity contribution in [1.82, 2.24) is 0 Å². The molecule has 2 N–H and O–H groups in total. The zero-order valence-corrected chi connectivity index (χ0v) is 14.2. The predicted molar refractivity (Wildman–Crippen MR) is 95.4 cm³/mol. The zero-order chi connectivity index (χ0) is 17.5. The van der Waals surface area contributed by atoms with Crippen molar-refractivity contribution in [2.75, 3.05) is 17.2 Å². The largest absolute Gasteiger partial charge is 0.493 e. The Morgan fingerprint density at radius 2 is 1.58 bits per heavy atom. The Labute approximate surface area is 142 Å². The molecule has 0 aliphatic rings. The van der Waals surface area contributed by atoms with Crippen molar-refractivity contribution in [3.8, 4) is 5.75 Å². The number of amides is 2. The number of carbonyl (C=O) groups excluding carboxylic acids is 2. The lowest BCUT2D eigenvalue weighted by Gasteiger charge is -2.10. The summed E-state index contributed by atoms with van der Waals surface area (Å²) in [6.07, 6.45) is 0.247. The summed E-state index contributed by atoms with van der Waals surface area (Å²) < 4.78 is 5.63. The lowest BCUT2D eigenvalue weighted by atomic mass is 10.1. The number of rotatable bonds is 6. The molecule has 24 heavy (non-hydrogen) atoms. The SMILES string of the molecule is CC(=O)Nc1cccc(NC(=O)CCOc2cc(C)cc(C)c2)c1. The van der Waals surface area contributed by atoms with Gasteiger partial charge in [-0.05, 0) is 55.3 Å². The van der Waals surface area contributed by atoms with E-state index in [2.05, 4.69) is 16.7 Å². The normalized spacial score (nSPS) is 10.1. The lowest BCUT2D eigenvalue weighted by molar-refractivity contribution is -0.116. The molecule has 0 fully saturated rings. The maximum Gasteiger partial charge on any atom is 0.227 e. The molecule has 2 aromatic carbocycles. The van der Waals surface area contributed by atoms with E-state index in [0.717, 1.165) is 16.9 Å². The van der Waals surface area contributed by atoms with Crippen LogP contribution in [0.4, 0.5) is 11.4 Å². The minimum atomic E-state index is -0.152. The van der Waals surface area contributed by atoms with Gasteiger partial charge in [0.1, 0.15) is 5.75 Å². The van der Waals surface area contributed by atoms with Crippen LogP contribution in [0.5, 0.6) is 5.75 Å². The molecule has 0 aliphatic heterocycles. The van der Waals surface area contributed by atoms with Gasteiger partial charge in [0.2, 0.25) is 11.8 Å². The molecule has 0 aliphatic carbocycles. The second-order valence-electron chi connectivity index (χ2n) is 5.73. The molecule has 2 rings (SSSR count). The molecule has 0 saturated heterocycles. The van der Waals surface area contributed by atoms with Crippen LogP contribution in [-0.2, 0) is 9.59 Å². The lowest BCUT2D eigenvalue weighted by Crippen LogP contribution is -2.15.